The van der Waals surface area contributed by atoms with Gasteiger partial charge >= 0.3 is 5.97 Å². The predicted molar refractivity (Wildman–Crippen MR) is 126 cm³/mol. The van der Waals surface area contributed by atoms with Crippen molar-refractivity contribution in [2.45, 2.75) is 52.5 Å². The highest BCUT2D eigenvalue weighted by Gasteiger charge is 2.36. The lowest BCUT2D eigenvalue weighted by Gasteiger charge is -2.36. The van der Waals surface area contributed by atoms with Crippen LogP contribution in [-0.2, 0) is 16.8 Å². The minimum absolute atomic E-state index is 0.158. The number of aromatic nitrogens is 2. The fourth-order valence-electron chi connectivity index (χ4n) is 4.19. The average molecular weight is 450 g/mol. The van der Waals surface area contributed by atoms with E-state index in [4.69, 9.17) is 4.52 Å². The van der Waals surface area contributed by atoms with Gasteiger partial charge < -0.3 is 14.7 Å². The Kier molecular flexibility index (Phi) is 6.01. The zero-order valence-corrected chi connectivity index (χ0v) is 19.6. The fourth-order valence-corrected chi connectivity index (χ4v) is 4.19. The first-order chi connectivity index (χ1) is 15.5. The van der Waals surface area contributed by atoms with Crippen molar-refractivity contribution >= 4 is 5.97 Å². The molecule has 33 heavy (non-hydrogen) atoms. The van der Waals surface area contributed by atoms with E-state index in [0.29, 0.717) is 30.1 Å². The van der Waals surface area contributed by atoms with E-state index < -0.39 is 11.4 Å². The number of carboxylic acids is 1. The number of phenolic OH excluding ortho intramolecular Hbond substituents is 1. The van der Waals surface area contributed by atoms with E-state index in [9.17, 15) is 15.0 Å². The van der Waals surface area contributed by atoms with Gasteiger partial charge in [0.25, 0.3) is 5.89 Å². The van der Waals surface area contributed by atoms with Gasteiger partial charge in [-0.15, -0.1) is 0 Å². The van der Waals surface area contributed by atoms with Crippen LogP contribution in [0, 0.1) is 5.41 Å². The maximum absolute atomic E-state index is 11.4. The van der Waals surface area contributed by atoms with Gasteiger partial charge in [-0.1, -0.05) is 56.3 Å². The number of piperidine rings is 1. The highest BCUT2D eigenvalue weighted by molar-refractivity contribution is 5.74. The maximum atomic E-state index is 11.4. The molecule has 4 rings (SSSR count). The zero-order chi connectivity index (χ0) is 23.8. The van der Waals surface area contributed by atoms with Crippen molar-refractivity contribution in [1.29, 1.82) is 0 Å². The smallest absolute Gasteiger partial charge is 0.309 e. The van der Waals surface area contributed by atoms with E-state index in [0.717, 1.165) is 36.3 Å². The summed E-state index contributed by atoms with van der Waals surface area (Å²) in [7, 11) is 0. The van der Waals surface area contributed by atoms with Crippen LogP contribution in [0.15, 0.2) is 47.0 Å². The van der Waals surface area contributed by atoms with E-state index in [1.807, 2.05) is 43.3 Å². The highest BCUT2D eigenvalue weighted by atomic mass is 16.5. The summed E-state index contributed by atoms with van der Waals surface area (Å²) >= 11 is 0. The number of carbonyl (C=O) groups is 1. The lowest BCUT2D eigenvalue weighted by atomic mass is 9.80. The number of carboxylic acid groups (broad SMARTS) is 1. The molecule has 2 heterocycles. The molecule has 0 saturated carbocycles. The van der Waals surface area contributed by atoms with Crippen LogP contribution >= 0.6 is 0 Å². The molecule has 7 heteroatoms. The van der Waals surface area contributed by atoms with Gasteiger partial charge in [0.2, 0.25) is 5.82 Å². The Morgan fingerprint density at radius 1 is 1.09 bits per heavy atom. The lowest BCUT2D eigenvalue weighted by molar-refractivity contribution is -0.150. The minimum Gasteiger partial charge on any atom is -0.508 e. The second-order valence-corrected chi connectivity index (χ2v) is 10.2. The van der Waals surface area contributed by atoms with Gasteiger partial charge in [-0.3, -0.25) is 9.69 Å². The monoisotopic (exact) mass is 449 g/mol. The van der Waals surface area contributed by atoms with Crippen LogP contribution in [0.25, 0.3) is 22.8 Å². The molecule has 1 fully saturated rings. The van der Waals surface area contributed by atoms with Gasteiger partial charge in [-0.25, -0.2) is 0 Å². The molecule has 1 aliphatic rings. The number of benzene rings is 2. The molecule has 0 atom stereocenters. The van der Waals surface area contributed by atoms with E-state index in [1.54, 1.807) is 6.07 Å². The molecule has 2 N–H and O–H groups in total. The summed E-state index contributed by atoms with van der Waals surface area (Å²) in [5.41, 5.74) is 2.78. The second-order valence-electron chi connectivity index (χ2n) is 10.2. The summed E-state index contributed by atoms with van der Waals surface area (Å²) in [6, 6.07) is 13.5. The van der Waals surface area contributed by atoms with Gasteiger partial charge in [0.1, 0.15) is 5.75 Å². The molecule has 0 bridgehead atoms. The SMILES string of the molecule is CC1(C(=O)O)CCN(Cc2ccc(-c3noc(-c4ccc(C(C)(C)C)c(O)c4)n3)cc2)CC1. The summed E-state index contributed by atoms with van der Waals surface area (Å²) in [5.74, 6) is 0.364. The molecule has 7 nitrogen and oxygen atoms in total. The van der Waals surface area contributed by atoms with Crippen molar-refractivity contribution in [2.75, 3.05) is 13.1 Å². The van der Waals surface area contributed by atoms with Crippen LogP contribution in [0.2, 0.25) is 0 Å². The first-order valence-electron chi connectivity index (χ1n) is 11.3. The van der Waals surface area contributed by atoms with Crippen molar-refractivity contribution in [1.82, 2.24) is 15.0 Å². The fraction of sp³-hybridized carbons (Fsp3) is 0.423. The predicted octanol–water partition coefficient (Wildman–Crippen LogP) is 5.09. The first kappa shape index (κ1) is 23.0. The Morgan fingerprint density at radius 2 is 1.73 bits per heavy atom. The van der Waals surface area contributed by atoms with Crippen LogP contribution in [0.5, 0.6) is 5.75 Å². The molecular formula is C26H31N3O4. The number of rotatable bonds is 5. The summed E-state index contributed by atoms with van der Waals surface area (Å²) in [6.45, 7) is 10.3. The van der Waals surface area contributed by atoms with Crippen LogP contribution < -0.4 is 0 Å². The van der Waals surface area contributed by atoms with Crippen molar-refractivity contribution in [2.24, 2.45) is 5.41 Å². The first-order valence-corrected chi connectivity index (χ1v) is 11.3. The molecule has 3 aromatic rings. The van der Waals surface area contributed by atoms with Gasteiger partial charge in [0.15, 0.2) is 0 Å². The third-order valence-corrected chi connectivity index (χ3v) is 6.57. The molecule has 0 unspecified atom stereocenters. The summed E-state index contributed by atoms with van der Waals surface area (Å²) in [5, 5.41) is 23.9. The van der Waals surface area contributed by atoms with Crippen molar-refractivity contribution < 1.29 is 19.5 Å². The van der Waals surface area contributed by atoms with Gasteiger partial charge in [-0.2, -0.15) is 4.98 Å². The largest absolute Gasteiger partial charge is 0.508 e. The van der Waals surface area contributed by atoms with Gasteiger partial charge in [0.05, 0.1) is 5.41 Å². The number of hydrogen-bond donors (Lipinski definition) is 2. The lowest BCUT2D eigenvalue weighted by Crippen LogP contribution is -2.42. The Balaban J connectivity index is 1.42. The molecule has 0 aliphatic carbocycles. The van der Waals surface area contributed by atoms with Crippen LogP contribution in [0.4, 0.5) is 0 Å². The number of likely N-dealkylation sites (tertiary alicyclic amines) is 1. The summed E-state index contributed by atoms with van der Waals surface area (Å²) in [4.78, 5) is 18.2. The van der Waals surface area contributed by atoms with Crippen molar-refractivity contribution in [3.8, 4) is 28.6 Å². The molecule has 1 aromatic heterocycles. The number of aromatic hydroxyl groups is 1. The van der Waals surface area contributed by atoms with Gasteiger partial charge in [0, 0.05) is 17.7 Å². The molecule has 0 amide bonds. The number of nitrogens with zero attached hydrogens (tertiary/aromatic N) is 3. The number of aliphatic carboxylic acids is 1. The van der Waals surface area contributed by atoms with E-state index in [-0.39, 0.29) is 11.2 Å². The normalized spacial score (nSPS) is 16.6. The van der Waals surface area contributed by atoms with Crippen LogP contribution in [0.3, 0.4) is 0 Å². The third kappa shape index (κ3) is 4.93. The van der Waals surface area contributed by atoms with Crippen molar-refractivity contribution in [3.05, 3.63) is 53.6 Å². The summed E-state index contributed by atoms with van der Waals surface area (Å²) < 4.78 is 5.45. The van der Waals surface area contributed by atoms with Crippen LogP contribution in [-0.4, -0.2) is 44.3 Å². The van der Waals surface area contributed by atoms with Crippen LogP contribution in [0.1, 0.15) is 51.7 Å². The minimum atomic E-state index is -0.702. The zero-order valence-electron chi connectivity index (χ0n) is 19.6. The van der Waals surface area contributed by atoms with E-state index >= 15 is 0 Å². The van der Waals surface area contributed by atoms with E-state index in [2.05, 4.69) is 35.8 Å². The molecule has 0 radical (unpaired) electrons. The Labute approximate surface area is 194 Å². The molecule has 0 spiro atoms. The Hall–Kier alpha value is -3.19. The standard InChI is InChI=1S/C26H31N3O4/c1-25(2,3)20-10-9-19(15-21(20)30)23-27-22(28-33-23)18-7-5-17(6-8-18)16-29-13-11-26(4,12-14-29)24(31)32/h5-10,15,30H,11-14,16H2,1-4H3,(H,31,32). The third-order valence-electron chi connectivity index (χ3n) is 6.57. The molecular weight excluding hydrogens is 418 g/mol. The quantitative estimate of drug-likeness (QED) is 0.559. The number of phenols is 1. The van der Waals surface area contributed by atoms with E-state index in [1.165, 1.54) is 0 Å². The molecule has 1 aliphatic heterocycles. The Bertz CT molecular complexity index is 1140. The average Bonchev–Trinajstić information content (AvgIpc) is 3.25. The second kappa shape index (κ2) is 8.63. The highest BCUT2D eigenvalue weighted by Crippen LogP contribution is 2.34. The number of hydrogen-bond acceptors (Lipinski definition) is 6. The van der Waals surface area contributed by atoms with Gasteiger partial charge in [-0.05, 0) is 61.5 Å². The Morgan fingerprint density at radius 3 is 2.30 bits per heavy atom. The molecule has 2 aromatic carbocycles. The maximum Gasteiger partial charge on any atom is 0.309 e. The van der Waals surface area contributed by atoms with Crippen molar-refractivity contribution in [3.63, 3.8) is 0 Å². The topological polar surface area (TPSA) is 99.7 Å². The molecule has 174 valence electrons. The molecule has 1 saturated heterocycles. The summed E-state index contributed by atoms with van der Waals surface area (Å²) in [6.07, 6.45) is 1.33.